The van der Waals surface area contributed by atoms with E-state index >= 15 is 0 Å². The normalized spacial score (nSPS) is 14.2. The smallest absolute Gasteiger partial charge is 0.388 e. The predicted octanol–water partition coefficient (Wildman–Crippen LogP) is 5.31. The van der Waals surface area contributed by atoms with E-state index in [-0.39, 0.29) is 24.6 Å². The Hall–Kier alpha value is -3.34. The zero-order valence-corrected chi connectivity index (χ0v) is 17.0. The topological polar surface area (TPSA) is 61.3 Å². The number of halogens is 6. The Morgan fingerprint density at radius 3 is 2.24 bits per heavy atom. The number of benzene rings is 2. The third-order valence-corrected chi connectivity index (χ3v) is 5.28. The molecular weight excluding hydrogens is 450 g/mol. The van der Waals surface area contributed by atoms with Crippen LogP contribution in [0.15, 0.2) is 48.5 Å². The summed E-state index contributed by atoms with van der Waals surface area (Å²) in [6.07, 6.45) is -8.68. The molecule has 2 heterocycles. The third-order valence-electron chi connectivity index (χ3n) is 5.28. The molecular formula is C22H18F6N4O. The number of para-hydroxylation sites is 1. The quantitative estimate of drug-likeness (QED) is 0.508. The van der Waals surface area contributed by atoms with Crippen LogP contribution in [0.25, 0.3) is 0 Å². The van der Waals surface area contributed by atoms with E-state index in [0.29, 0.717) is 29.2 Å². The molecule has 2 N–H and O–H groups in total. The maximum Gasteiger partial charge on any atom is 0.418 e. The third kappa shape index (κ3) is 4.87. The molecule has 0 amide bonds. The van der Waals surface area contributed by atoms with Gasteiger partial charge in [0.15, 0.2) is 5.82 Å². The van der Waals surface area contributed by atoms with Crippen molar-refractivity contribution in [3.63, 3.8) is 0 Å². The fourth-order valence-electron chi connectivity index (χ4n) is 3.73. The first-order valence-electron chi connectivity index (χ1n) is 9.91. The van der Waals surface area contributed by atoms with Gasteiger partial charge in [-0.25, -0.2) is 9.97 Å². The van der Waals surface area contributed by atoms with Gasteiger partial charge in [0.25, 0.3) is 0 Å². The minimum Gasteiger partial charge on any atom is -0.388 e. The average molecular weight is 468 g/mol. The van der Waals surface area contributed by atoms with Crippen LogP contribution in [-0.2, 0) is 31.9 Å². The van der Waals surface area contributed by atoms with Crippen LogP contribution < -0.4 is 10.2 Å². The molecule has 4 rings (SSSR count). The van der Waals surface area contributed by atoms with Crippen molar-refractivity contribution in [1.82, 2.24) is 9.97 Å². The zero-order valence-electron chi connectivity index (χ0n) is 17.0. The molecule has 0 spiro atoms. The summed E-state index contributed by atoms with van der Waals surface area (Å²) in [4.78, 5) is 10.1. The zero-order chi connectivity index (χ0) is 23.8. The summed E-state index contributed by atoms with van der Waals surface area (Å²) >= 11 is 0. The predicted molar refractivity (Wildman–Crippen MR) is 109 cm³/mol. The maximum atomic E-state index is 13.5. The lowest BCUT2D eigenvalue weighted by molar-refractivity contribution is -0.138. The lowest BCUT2D eigenvalue weighted by Gasteiger charge is -2.32. The van der Waals surface area contributed by atoms with Gasteiger partial charge in [0.2, 0.25) is 0 Å². The molecule has 5 nitrogen and oxygen atoms in total. The number of nitrogens with zero attached hydrogens (tertiary/aromatic N) is 3. The van der Waals surface area contributed by atoms with Crippen LogP contribution in [0.2, 0.25) is 0 Å². The second-order valence-corrected chi connectivity index (χ2v) is 7.46. The second kappa shape index (κ2) is 8.54. The van der Waals surface area contributed by atoms with Crippen LogP contribution in [-0.4, -0.2) is 21.6 Å². The first-order valence-corrected chi connectivity index (χ1v) is 9.91. The van der Waals surface area contributed by atoms with E-state index in [2.05, 4.69) is 15.3 Å². The number of hydrogen-bond donors (Lipinski definition) is 2. The second-order valence-electron chi connectivity index (χ2n) is 7.46. The molecule has 0 bridgehead atoms. The summed E-state index contributed by atoms with van der Waals surface area (Å²) in [5.74, 6) is 0.349. The number of aliphatic hydroxyl groups excluding tert-OH is 1. The number of aliphatic hydroxyl groups is 1. The Balaban J connectivity index is 1.65. The van der Waals surface area contributed by atoms with Gasteiger partial charge >= 0.3 is 12.4 Å². The van der Waals surface area contributed by atoms with Gasteiger partial charge in [0, 0.05) is 23.5 Å². The van der Waals surface area contributed by atoms with E-state index in [1.807, 2.05) is 0 Å². The van der Waals surface area contributed by atoms with Crippen molar-refractivity contribution in [2.75, 3.05) is 16.8 Å². The van der Waals surface area contributed by atoms with Gasteiger partial charge in [0.05, 0.1) is 23.4 Å². The number of alkyl halides is 6. The number of rotatable bonds is 4. The highest BCUT2D eigenvalue weighted by Gasteiger charge is 2.35. The fourth-order valence-corrected chi connectivity index (χ4v) is 3.73. The Kier molecular flexibility index (Phi) is 5.91. The number of aromatic nitrogens is 2. The van der Waals surface area contributed by atoms with Crippen LogP contribution in [0.4, 0.5) is 43.5 Å². The van der Waals surface area contributed by atoms with Crippen molar-refractivity contribution in [2.45, 2.75) is 31.9 Å². The lowest BCUT2D eigenvalue weighted by atomic mass is 10.0. The molecule has 0 fully saturated rings. The molecule has 11 heteroatoms. The van der Waals surface area contributed by atoms with Crippen LogP contribution in [0.5, 0.6) is 0 Å². The molecule has 0 atom stereocenters. The van der Waals surface area contributed by atoms with Crippen LogP contribution in [0, 0.1) is 0 Å². The van der Waals surface area contributed by atoms with E-state index < -0.39 is 30.1 Å². The Morgan fingerprint density at radius 2 is 1.61 bits per heavy atom. The van der Waals surface area contributed by atoms with Gasteiger partial charge in [0.1, 0.15) is 12.4 Å². The molecule has 174 valence electrons. The number of fused-ring (bicyclic) bond motifs is 1. The van der Waals surface area contributed by atoms with Crippen LogP contribution in [0.3, 0.4) is 0 Å². The largest absolute Gasteiger partial charge is 0.418 e. The molecule has 0 aliphatic carbocycles. The highest BCUT2D eigenvalue weighted by Crippen LogP contribution is 2.38. The van der Waals surface area contributed by atoms with Crippen molar-refractivity contribution in [3.05, 3.63) is 76.7 Å². The van der Waals surface area contributed by atoms with E-state index in [1.54, 1.807) is 4.90 Å². The standard InChI is InChI=1S/C22H18F6N4O/c23-21(24,25)13-5-7-14(8-6-13)29-20-15-9-10-32(11-17(15)30-19(12-33)31-20)18-4-2-1-3-16(18)22(26,27)28/h1-8,33H,9-12H2,(H,29,30,31). The van der Waals surface area contributed by atoms with Crippen molar-refractivity contribution in [3.8, 4) is 0 Å². The molecule has 2 aromatic carbocycles. The number of anilines is 3. The van der Waals surface area contributed by atoms with Crippen molar-refractivity contribution in [1.29, 1.82) is 0 Å². The first-order chi connectivity index (χ1) is 15.6. The summed E-state index contributed by atoms with van der Waals surface area (Å²) in [6, 6.07) is 9.62. The van der Waals surface area contributed by atoms with E-state index in [1.165, 1.54) is 30.3 Å². The minimum atomic E-state index is -4.52. The molecule has 0 saturated carbocycles. The van der Waals surface area contributed by atoms with E-state index in [9.17, 15) is 31.4 Å². The SMILES string of the molecule is OCc1nc2c(c(Nc3ccc(C(F)(F)F)cc3)n1)CCN(c1ccccc1C(F)(F)F)C2. The maximum absolute atomic E-state index is 13.5. The number of nitrogens with one attached hydrogen (secondary N) is 1. The molecule has 0 radical (unpaired) electrons. The molecule has 3 aromatic rings. The average Bonchev–Trinajstić information content (AvgIpc) is 2.77. The van der Waals surface area contributed by atoms with E-state index in [0.717, 1.165) is 18.2 Å². The highest BCUT2D eigenvalue weighted by molar-refractivity contribution is 5.63. The van der Waals surface area contributed by atoms with Crippen molar-refractivity contribution in [2.24, 2.45) is 0 Å². The van der Waals surface area contributed by atoms with Gasteiger partial charge in [-0.2, -0.15) is 26.3 Å². The summed E-state index contributed by atoms with van der Waals surface area (Å²) in [5, 5.41) is 12.5. The Labute approximate surface area is 184 Å². The summed E-state index contributed by atoms with van der Waals surface area (Å²) in [6.45, 7) is -0.197. The highest BCUT2D eigenvalue weighted by atomic mass is 19.4. The van der Waals surface area contributed by atoms with Gasteiger partial charge < -0.3 is 15.3 Å². The van der Waals surface area contributed by atoms with Crippen molar-refractivity contribution >= 4 is 17.2 Å². The summed E-state index contributed by atoms with van der Waals surface area (Å²) < 4.78 is 78.8. The summed E-state index contributed by atoms with van der Waals surface area (Å²) in [7, 11) is 0. The van der Waals surface area contributed by atoms with Gasteiger partial charge in [-0.15, -0.1) is 0 Å². The monoisotopic (exact) mass is 468 g/mol. The van der Waals surface area contributed by atoms with Gasteiger partial charge in [-0.05, 0) is 42.8 Å². The molecule has 0 saturated heterocycles. The Bertz CT molecular complexity index is 1150. The number of hydrogen-bond acceptors (Lipinski definition) is 5. The lowest BCUT2D eigenvalue weighted by Crippen LogP contribution is -2.33. The van der Waals surface area contributed by atoms with Crippen LogP contribution in [0.1, 0.15) is 28.2 Å². The molecule has 1 aromatic heterocycles. The molecule has 33 heavy (non-hydrogen) atoms. The molecule has 1 aliphatic rings. The van der Waals surface area contributed by atoms with E-state index in [4.69, 9.17) is 0 Å². The van der Waals surface area contributed by atoms with Crippen LogP contribution >= 0.6 is 0 Å². The fraction of sp³-hybridized carbons (Fsp3) is 0.273. The van der Waals surface area contributed by atoms with Gasteiger partial charge in [-0.3, -0.25) is 0 Å². The summed E-state index contributed by atoms with van der Waals surface area (Å²) in [5.41, 5.74) is -0.116. The van der Waals surface area contributed by atoms with Crippen molar-refractivity contribution < 1.29 is 31.4 Å². The van der Waals surface area contributed by atoms with Gasteiger partial charge in [-0.1, -0.05) is 12.1 Å². The molecule has 1 aliphatic heterocycles. The minimum absolute atomic E-state index is 0.0251. The first kappa shape index (κ1) is 22.8. The molecule has 0 unspecified atom stereocenters. The Morgan fingerprint density at radius 1 is 0.909 bits per heavy atom.